The SMILES string of the molecule is COc1cc(C(=O)N2CC3CCC2[C@@H]3N)cc2nc(-c3cc4ccc(Nc5ccc(N)cc5)nc4n3CC3CC3)n(C)c12. The molecule has 1 saturated heterocycles. The zero-order valence-corrected chi connectivity index (χ0v) is 24.5. The molecular formula is C33H36N8O2. The van der Waals surface area contributed by atoms with Crippen LogP contribution in [0.5, 0.6) is 5.75 Å². The van der Waals surface area contributed by atoms with Gasteiger partial charge in [-0.05, 0) is 92.1 Å². The van der Waals surface area contributed by atoms with Crippen LogP contribution >= 0.6 is 0 Å². The number of fused-ring (bicyclic) bond motifs is 4. The van der Waals surface area contributed by atoms with Crippen LogP contribution in [0.4, 0.5) is 17.2 Å². The highest BCUT2D eigenvalue weighted by Crippen LogP contribution is 2.40. The number of piperidine rings is 1. The highest BCUT2D eigenvalue weighted by atomic mass is 16.5. The standard InChI is InChI=1S/C33H36N8O2/c1-39-30-24(13-21(15-27(30)43-2)33(42)41-17-20-5-11-25(41)29(20)35)37-32(39)26-14-19-6-12-28(36-23-9-7-22(34)8-10-23)38-31(19)40(26)16-18-3-4-18/h6-10,12-15,18,20,25,29H,3-5,11,16-17,34-35H2,1-2H3,(H,36,38)/t20?,25?,29-/m1/s1. The van der Waals surface area contributed by atoms with E-state index in [1.807, 2.05) is 54.4 Å². The Balaban J connectivity index is 1.20. The van der Waals surface area contributed by atoms with E-state index in [0.717, 1.165) is 76.7 Å². The summed E-state index contributed by atoms with van der Waals surface area (Å²) in [6.45, 7) is 1.60. The summed E-state index contributed by atoms with van der Waals surface area (Å²) in [5, 5.41) is 4.46. The van der Waals surface area contributed by atoms with E-state index in [-0.39, 0.29) is 18.0 Å². The maximum atomic E-state index is 13.7. The van der Waals surface area contributed by atoms with Crippen molar-refractivity contribution in [3.8, 4) is 17.3 Å². The highest BCUT2D eigenvalue weighted by molar-refractivity contribution is 6.00. The van der Waals surface area contributed by atoms with Crippen LogP contribution in [0.3, 0.4) is 0 Å². The summed E-state index contributed by atoms with van der Waals surface area (Å²) in [6, 6.07) is 17.8. The molecule has 0 radical (unpaired) electrons. The molecule has 5 N–H and O–H groups in total. The van der Waals surface area contributed by atoms with Crippen LogP contribution in [0.15, 0.2) is 54.6 Å². The van der Waals surface area contributed by atoms with Gasteiger partial charge in [0, 0.05) is 54.5 Å². The van der Waals surface area contributed by atoms with Crippen molar-refractivity contribution in [3.05, 3.63) is 60.2 Å². The van der Waals surface area contributed by atoms with E-state index in [0.29, 0.717) is 23.1 Å². The number of imidazole rings is 1. The van der Waals surface area contributed by atoms with E-state index >= 15 is 0 Å². The Kier molecular flexibility index (Phi) is 5.91. The molecule has 2 bridgehead atoms. The molecule has 220 valence electrons. The van der Waals surface area contributed by atoms with E-state index in [9.17, 15) is 4.79 Å². The number of aryl methyl sites for hydroxylation is 1. The lowest BCUT2D eigenvalue weighted by Crippen LogP contribution is -2.41. The molecule has 10 heteroatoms. The lowest BCUT2D eigenvalue weighted by molar-refractivity contribution is 0.0700. The van der Waals surface area contributed by atoms with Gasteiger partial charge in [-0.25, -0.2) is 9.97 Å². The number of carbonyl (C=O) groups is 1. The number of ether oxygens (including phenoxy) is 1. The largest absolute Gasteiger partial charge is 0.494 e. The lowest BCUT2D eigenvalue weighted by atomic mass is 10.1. The quantitative estimate of drug-likeness (QED) is 0.235. The predicted molar refractivity (Wildman–Crippen MR) is 168 cm³/mol. The summed E-state index contributed by atoms with van der Waals surface area (Å²) >= 11 is 0. The Morgan fingerprint density at radius 2 is 1.86 bits per heavy atom. The van der Waals surface area contributed by atoms with Gasteiger partial charge in [-0.15, -0.1) is 0 Å². The van der Waals surface area contributed by atoms with E-state index in [2.05, 4.69) is 26.6 Å². The summed E-state index contributed by atoms with van der Waals surface area (Å²) in [7, 11) is 3.65. The van der Waals surface area contributed by atoms with Gasteiger partial charge in [-0.1, -0.05) is 0 Å². The van der Waals surface area contributed by atoms with Crippen molar-refractivity contribution in [3.63, 3.8) is 0 Å². The fourth-order valence-corrected chi connectivity index (χ4v) is 7.11. The molecule has 2 aliphatic carbocycles. The zero-order valence-electron chi connectivity index (χ0n) is 24.5. The average Bonchev–Trinajstić information content (AvgIpc) is 3.42. The normalized spacial score (nSPS) is 21.3. The van der Waals surface area contributed by atoms with Crippen molar-refractivity contribution in [2.24, 2.45) is 24.6 Å². The number of amides is 1. The zero-order chi connectivity index (χ0) is 29.4. The topological polar surface area (TPSA) is 129 Å². The minimum Gasteiger partial charge on any atom is -0.494 e. The van der Waals surface area contributed by atoms with Crippen LogP contribution < -0.4 is 21.5 Å². The smallest absolute Gasteiger partial charge is 0.254 e. The second kappa shape index (κ2) is 9.74. The Hall–Kier alpha value is -4.57. The van der Waals surface area contributed by atoms with Gasteiger partial charge in [0.05, 0.1) is 18.3 Å². The van der Waals surface area contributed by atoms with Crippen LogP contribution in [0.1, 0.15) is 36.0 Å². The Morgan fingerprint density at radius 3 is 2.56 bits per heavy atom. The number of hydrogen-bond donors (Lipinski definition) is 3. The molecule has 3 atom stereocenters. The maximum Gasteiger partial charge on any atom is 0.254 e. The number of nitrogens with zero attached hydrogens (tertiary/aromatic N) is 5. The fraction of sp³-hybridized carbons (Fsp3) is 0.364. The molecule has 3 fully saturated rings. The van der Waals surface area contributed by atoms with Crippen LogP contribution in [0, 0.1) is 11.8 Å². The second-order valence-corrected chi connectivity index (χ2v) is 12.4. The molecule has 3 aliphatic rings. The Bertz CT molecular complexity index is 1890. The first kappa shape index (κ1) is 26.1. The van der Waals surface area contributed by atoms with Gasteiger partial charge >= 0.3 is 0 Å². The summed E-state index contributed by atoms with van der Waals surface area (Å²) in [4.78, 5) is 25.8. The van der Waals surface area contributed by atoms with Crippen LogP contribution in [-0.4, -0.2) is 55.6 Å². The number of carbonyl (C=O) groups excluding carboxylic acids is 1. The highest BCUT2D eigenvalue weighted by Gasteiger charge is 2.47. The first-order valence-corrected chi connectivity index (χ1v) is 15.1. The molecule has 2 aromatic carbocycles. The van der Waals surface area contributed by atoms with Gasteiger partial charge in [-0.3, -0.25) is 4.79 Å². The predicted octanol–water partition coefficient (Wildman–Crippen LogP) is 4.90. The molecular weight excluding hydrogens is 540 g/mol. The number of benzene rings is 2. The molecule has 5 aromatic rings. The number of nitrogen functional groups attached to an aromatic ring is 1. The number of methoxy groups -OCH3 is 1. The maximum absolute atomic E-state index is 13.7. The molecule has 1 amide bonds. The second-order valence-electron chi connectivity index (χ2n) is 12.4. The average molecular weight is 577 g/mol. The molecule has 3 aromatic heterocycles. The summed E-state index contributed by atoms with van der Waals surface area (Å²) in [5.41, 5.74) is 18.0. The van der Waals surface area contributed by atoms with E-state index in [1.165, 1.54) is 12.8 Å². The number of hydrogen-bond acceptors (Lipinski definition) is 7. The molecule has 8 rings (SSSR count). The van der Waals surface area contributed by atoms with Crippen LogP contribution in [0.25, 0.3) is 33.6 Å². The number of nitrogens with one attached hydrogen (secondary N) is 1. The Morgan fingerprint density at radius 1 is 1.05 bits per heavy atom. The van der Waals surface area contributed by atoms with Gasteiger partial charge in [0.15, 0.2) is 5.82 Å². The van der Waals surface area contributed by atoms with Gasteiger partial charge in [-0.2, -0.15) is 0 Å². The van der Waals surface area contributed by atoms with Crippen molar-refractivity contribution < 1.29 is 9.53 Å². The fourth-order valence-electron chi connectivity index (χ4n) is 7.11. The van der Waals surface area contributed by atoms with Crippen molar-refractivity contribution >= 4 is 45.2 Å². The number of likely N-dealkylation sites (tertiary alicyclic amines) is 1. The molecule has 2 unspecified atom stereocenters. The summed E-state index contributed by atoms with van der Waals surface area (Å²) in [6.07, 6.45) is 4.50. The van der Waals surface area contributed by atoms with E-state index < -0.39 is 0 Å². The molecule has 2 saturated carbocycles. The number of nitrogens with two attached hydrogens (primary N) is 2. The molecule has 4 heterocycles. The minimum atomic E-state index is 0.00299. The van der Waals surface area contributed by atoms with E-state index in [1.54, 1.807) is 7.11 Å². The third kappa shape index (κ3) is 4.31. The molecule has 10 nitrogen and oxygen atoms in total. The van der Waals surface area contributed by atoms with Gasteiger partial charge in [0.1, 0.15) is 22.7 Å². The number of aromatic nitrogens is 4. The number of anilines is 3. The van der Waals surface area contributed by atoms with Gasteiger partial charge in [0.25, 0.3) is 5.91 Å². The minimum absolute atomic E-state index is 0.00299. The van der Waals surface area contributed by atoms with Crippen molar-refractivity contribution in [1.82, 2.24) is 24.0 Å². The monoisotopic (exact) mass is 576 g/mol. The number of pyridine rings is 1. The molecule has 0 spiro atoms. The summed E-state index contributed by atoms with van der Waals surface area (Å²) in [5.74, 6) is 3.23. The van der Waals surface area contributed by atoms with Crippen molar-refractivity contribution in [2.45, 2.75) is 44.3 Å². The Labute approximate surface area is 249 Å². The van der Waals surface area contributed by atoms with Crippen LogP contribution in [-0.2, 0) is 13.6 Å². The van der Waals surface area contributed by atoms with Gasteiger partial charge in [0.2, 0.25) is 0 Å². The van der Waals surface area contributed by atoms with E-state index in [4.69, 9.17) is 26.2 Å². The van der Waals surface area contributed by atoms with Crippen molar-refractivity contribution in [1.29, 1.82) is 0 Å². The first-order chi connectivity index (χ1) is 20.9. The number of rotatable bonds is 7. The van der Waals surface area contributed by atoms with Gasteiger partial charge < -0.3 is 35.6 Å². The third-order valence-corrected chi connectivity index (χ3v) is 9.61. The van der Waals surface area contributed by atoms with Crippen molar-refractivity contribution in [2.75, 3.05) is 24.7 Å². The third-order valence-electron chi connectivity index (χ3n) is 9.61. The van der Waals surface area contributed by atoms with Crippen LogP contribution in [0.2, 0.25) is 0 Å². The summed E-state index contributed by atoms with van der Waals surface area (Å²) < 4.78 is 10.2. The lowest BCUT2D eigenvalue weighted by Gasteiger charge is -2.27. The molecule has 1 aliphatic heterocycles. The molecule has 43 heavy (non-hydrogen) atoms. The first-order valence-electron chi connectivity index (χ1n) is 15.1.